The molecule has 0 bridgehead atoms. The molecule has 5 heteroatoms. The first-order chi connectivity index (χ1) is 8.25. The van der Waals surface area contributed by atoms with E-state index < -0.39 is 0 Å². The highest BCUT2D eigenvalue weighted by atomic mass is 32.1. The number of carbonyl (C=O) groups is 1. The van der Waals surface area contributed by atoms with Gasteiger partial charge >= 0.3 is 0 Å². The Balaban J connectivity index is 1.77. The number of thiophene rings is 1. The average molecular weight is 254 g/mol. The first-order valence-corrected chi connectivity index (χ1v) is 6.76. The van der Waals surface area contributed by atoms with Gasteiger partial charge in [-0.15, -0.1) is 11.3 Å². The fraction of sp³-hybridized carbons (Fsp3) is 0.583. The molecule has 1 fully saturated rings. The lowest BCUT2D eigenvalue weighted by atomic mass is 10.1. The van der Waals surface area contributed by atoms with E-state index in [9.17, 15) is 4.79 Å². The number of hydrogen-bond donors (Lipinski definition) is 2. The second-order valence-electron chi connectivity index (χ2n) is 4.30. The van der Waals surface area contributed by atoms with Crippen LogP contribution in [0.3, 0.4) is 0 Å². The molecule has 1 aromatic rings. The molecule has 0 saturated carbocycles. The maximum atomic E-state index is 11.0. The van der Waals surface area contributed by atoms with Crippen molar-refractivity contribution in [2.24, 2.45) is 5.92 Å². The van der Waals surface area contributed by atoms with Crippen molar-refractivity contribution in [3.05, 3.63) is 16.3 Å². The molecule has 0 spiro atoms. The van der Waals surface area contributed by atoms with E-state index in [1.165, 1.54) is 11.8 Å². The number of anilines is 1. The Morgan fingerprint density at radius 3 is 3.24 bits per heavy atom. The molecule has 0 aromatic carbocycles. The van der Waals surface area contributed by atoms with Crippen LogP contribution in [-0.4, -0.2) is 25.7 Å². The minimum Gasteiger partial charge on any atom is -0.381 e. The predicted molar refractivity (Wildman–Crippen MR) is 69.3 cm³/mol. The summed E-state index contributed by atoms with van der Waals surface area (Å²) in [6, 6.07) is 1.95. The van der Waals surface area contributed by atoms with Gasteiger partial charge in [-0.3, -0.25) is 4.79 Å². The Morgan fingerprint density at radius 2 is 2.53 bits per heavy atom. The Morgan fingerprint density at radius 1 is 1.65 bits per heavy atom. The maximum Gasteiger partial charge on any atom is 0.221 e. The van der Waals surface area contributed by atoms with Gasteiger partial charge in [0.25, 0.3) is 0 Å². The van der Waals surface area contributed by atoms with Crippen molar-refractivity contribution in [3.63, 3.8) is 0 Å². The topological polar surface area (TPSA) is 50.4 Å². The van der Waals surface area contributed by atoms with E-state index in [1.807, 2.05) is 11.4 Å². The minimum atomic E-state index is -0.0196. The summed E-state index contributed by atoms with van der Waals surface area (Å²) in [6.07, 6.45) is 1.15. The van der Waals surface area contributed by atoms with Crippen molar-refractivity contribution >= 4 is 22.9 Å². The van der Waals surface area contributed by atoms with Gasteiger partial charge in [-0.25, -0.2) is 0 Å². The zero-order valence-electron chi connectivity index (χ0n) is 9.99. The second-order valence-corrected chi connectivity index (χ2v) is 5.30. The number of hydrogen-bond acceptors (Lipinski definition) is 4. The van der Waals surface area contributed by atoms with E-state index in [0.717, 1.165) is 38.4 Å². The number of ether oxygens (including phenoxy) is 1. The third-order valence-electron chi connectivity index (χ3n) is 2.80. The van der Waals surface area contributed by atoms with Crippen molar-refractivity contribution in [2.45, 2.75) is 19.9 Å². The third-order valence-corrected chi connectivity index (χ3v) is 3.72. The molecule has 1 aliphatic heterocycles. The molecule has 0 aliphatic carbocycles. The van der Waals surface area contributed by atoms with Gasteiger partial charge in [0.2, 0.25) is 5.91 Å². The molecule has 1 unspecified atom stereocenters. The summed E-state index contributed by atoms with van der Waals surface area (Å²) in [7, 11) is 0. The van der Waals surface area contributed by atoms with Gasteiger partial charge in [0.1, 0.15) is 0 Å². The molecule has 1 aromatic heterocycles. The standard InChI is InChI=1S/C12H18N2O2S/c1-9(15)14-11-3-5-17-12(11)7-13-6-10-2-4-16-8-10/h3,5,10,13H,2,4,6-8H2,1H3,(H,14,15). The smallest absolute Gasteiger partial charge is 0.221 e. The van der Waals surface area contributed by atoms with Crippen molar-refractivity contribution in [1.29, 1.82) is 0 Å². The van der Waals surface area contributed by atoms with Crippen LogP contribution in [0.15, 0.2) is 11.4 Å². The Labute approximate surface area is 105 Å². The van der Waals surface area contributed by atoms with E-state index in [-0.39, 0.29) is 5.91 Å². The molecular formula is C12H18N2O2S. The molecular weight excluding hydrogens is 236 g/mol. The summed E-state index contributed by atoms with van der Waals surface area (Å²) in [5.74, 6) is 0.619. The van der Waals surface area contributed by atoms with Crippen molar-refractivity contribution in [2.75, 3.05) is 25.1 Å². The molecule has 2 heterocycles. The lowest BCUT2D eigenvalue weighted by molar-refractivity contribution is -0.114. The van der Waals surface area contributed by atoms with Gasteiger partial charge in [0.05, 0.1) is 12.3 Å². The summed E-state index contributed by atoms with van der Waals surface area (Å²) < 4.78 is 5.33. The first kappa shape index (κ1) is 12.5. The van der Waals surface area contributed by atoms with Crippen molar-refractivity contribution in [3.8, 4) is 0 Å². The Kier molecular flexibility index (Phi) is 4.53. The van der Waals surface area contributed by atoms with Gasteiger partial charge < -0.3 is 15.4 Å². The number of rotatable bonds is 5. The summed E-state index contributed by atoms with van der Waals surface area (Å²) >= 11 is 1.67. The van der Waals surface area contributed by atoms with Crippen LogP contribution in [0, 0.1) is 5.92 Å². The molecule has 2 rings (SSSR count). The molecule has 1 amide bonds. The van der Waals surface area contributed by atoms with Gasteiger partial charge in [0.15, 0.2) is 0 Å². The highest BCUT2D eigenvalue weighted by molar-refractivity contribution is 7.10. The second kappa shape index (κ2) is 6.14. The summed E-state index contributed by atoms with van der Waals surface area (Å²) in [6.45, 7) is 5.09. The van der Waals surface area contributed by atoms with Crippen LogP contribution < -0.4 is 10.6 Å². The van der Waals surface area contributed by atoms with E-state index in [0.29, 0.717) is 5.92 Å². The molecule has 4 nitrogen and oxygen atoms in total. The van der Waals surface area contributed by atoms with E-state index in [1.54, 1.807) is 11.3 Å². The molecule has 0 radical (unpaired) electrons. The third kappa shape index (κ3) is 3.80. The predicted octanol–water partition coefficient (Wildman–Crippen LogP) is 1.83. The molecule has 94 valence electrons. The van der Waals surface area contributed by atoms with E-state index in [4.69, 9.17) is 4.74 Å². The first-order valence-electron chi connectivity index (χ1n) is 5.88. The van der Waals surface area contributed by atoms with Crippen LogP contribution in [0.1, 0.15) is 18.2 Å². The Hall–Kier alpha value is -0.910. The fourth-order valence-corrected chi connectivity index (χ4v) is 2.71. The van der Waals surface area contributed by atoms with Crippen molar-refractivity contribution in [1.82, 2.24) is 5.32 Å². The lowest BCUT2D eigenvalue weighted by Crippen LogP contribution is -2.22. The van der Waals surface area contributed by atoms with Gasteiger partial charge in [-0.2, -0.15) is 0 Å². The highest BCUT2D eigenvalue weighted by Gasteiger charge is 2.15. The SMILES string of the molecule is CC(=O)Nc1ccsc1CNCC1CCOC1. The number of nitrogens with one attached hydrogen (secondary N) is 2. The summed E-state index contributed by atoms with van der Waals surface area (Å²) in [4.78, 5) is 12.2. The lowest BCUT2D eigenvalue weighted by Gasteiger charge is -2.09. The summed E-state index contributed by atoms with van der Waals surface area (Å²) in [5.41, 5.74) is 0.928. The zero-order chi connectivity index (χ0) is 12.1. The maximum absolute atomic E-state index is 11.0. The van der Waals surface area contributed by atoms with E-state index >= 15 is 0 Å². The van der Waals surface area contributed by atoms with E-state index in [2.05, 4.69) is 10.6 Å². The van der Waals surface area contributed by atoms with Crippen LogP contribution in [0.2, 0.25) is 0 Å². The van der Waals surface area contributed by atoms with Gasteiger partial charge in [-0.1, -0.05) is 0 Å². The number of carbonyl (C=O) groups excluding carboxylic acids is 1. The van der Waals surface area contributed by atoms with Crippen LogP contribution in [0.4, 0.5) is 5.69 Å². The normalized spacial score (nSPS) is 19.5. The van der Waals surface area contributed by atoms with Crippen LogP contribution >= 0.6 is 11.3 Å². The monoisotopic (exact) mass is 254 g/mol. The average Bonchev–Trinajstić information content (AvgIpc) is 2.90. The Bertz CT molecular complexity index is 372. The van der Waals surface area contributed by atoms with Crippen LogP contribution in [0.25, 0.3) is 0 Å². The molecule has 2 N–H and O–H groups in total. The summed E-state index contributed by atoms with van der Waals surface area (Å²) in [5, 5.41) is 8.26. The minimum absolute atomic E-state index is 0.0196. The zero-order valence-corrected chi connectivity index (χ0v) is 10.8. The molecule has 1 saturated heterocycles. The molecule has 1 atom stereocenters. The van der Waals surface area contributed by atoms with Gasteiger partial charge in [-0.05, 0) is 23.8 Å². The highest BCUT2D eigenvalue weighted by Crippen LogP contribution is 2.22. The van der Waals surface area contributed by atoms with Crippen LogP contribution in [0.5, 0.6) is 0 Å². The van der Waals surface area contributed by atoms with Gasteiger partial charge in [0, 0.05) is 31.5 Å². The quantitative estimate of drug-likeness (QED) is 0.843. The molecule has 1 aliphatic rings. The molecule has 17 heavy (non-hydrogen) atoms. The largest absolute Gasteiger partial charge is 0.381 e. The van der Waals surface area contributed by atoms with Crippen molar-refractivity contribution < 1.29 is 9.53 Å². The van der Waals surface area contributed by atoms with Crippen LogP contribution in [-0.2, 0) is 16.1 Å². The number of amides is 1. The fourth-order valence-electron chi connectivity index (χ4n) is 1.91.